The van der Waals surface area contributed by atoms with Gasteiger partial charge in [-0.2, -0.15) is 16.6 Å². The number of amides is 2. The van der Waals surface area contributed by atoms with E-state index in [0.717, 1.165) is 25.9 Å². The van der Waals surface area contributed by atoms with Crippen molar-refractivity contribution in [3.8, 4) is 6.07 Å². The summed E-state index contributed by atoms with van der Waals surface area (Å²) in [4.78, 5) is 28.4. The molecule has 3 rings (SSSR count). The van der Waals surface area contributed by atoms with Crippen molar-refractivity contribution in [3.63, 3.8) is 0 Å². The first kappa shape index (κ1) is 19.8. The molecule has 2 heterocycles. The Morgan fingerprint density at radius 2 is 1.96 bits per heavy atom. The average molecular weight is 389 g/mol. The fourth-order valence-corrected chi connectivity index (χ4v) is 4.76. The van der Waals surface area contributed by atoms with Crippen LogP contribution in [0.15, 0.2) is 16.8 Å². The van der Waals surface area contributed by atoms with Crippen molar-refractivity contribution >= 4 is 23.2 Å². The van der Waals surface area contributed by atoms with Gasteiger partial charge in [0.2, 0.25) is 5.91 Å². The Morgan fingerprint density at radius 1 is 1.22 bits per heavy atom. The number of piperazine rings is 1. The van der Waals surface area contributed by atoms with Gasteiger partial charge in [-0.15, -0.1) is 0 Å². The molecular formula is C20H28N4O2S. The van der Waals surface area contributed by atoms with Crippen LogP contribution in [0, 0.1) is 17.2 Å². The van der Waals surface area contributed by atoms with Crippen molar-refractivity contribution in [2.45, 2.75) is 44.6 Å². The van der Waals surface area contributed by atoms with Crippen LogP contribution in [0.3, 0.4) is 0 Å². The average Bonchev–Trinajstić information content (AvgIpc) is 3.25. The highest BCUT2D eigenvalue weighted by molar-refractivity contribution is 7.08. The number of hydrogen-bond donors (Lipinski definition) is 1. The van der Waals surface area contributed by atoms with E-state index in [9.17, 15) is 14.9 Å². The van der Waals surface area contributed by atoms with Crippen LogP contribution in [-0.2, 0) is 4.79 Å². The number of carbonyl (C=O) groups is 2. The van der Waals surface area contributed by atoms with Gasteiger partial charge in [0, 0.05) is 50.1 Å². The van der Waals surface area contributed by atoms with Gasteiger partial charge in [-0.1, -0.05) is 19.3 Å². The van der Waals surface area contributed by atoms with E-state index in [0.29, 0.717) is 37.5 Å². The van der Waals surface area contributed by atoms with Crippen molar-refractivity contribution in [3.05, 3.63) is 22.4 Å². The summed E-state index contributed by atoms with van der Waals surface area (Å²) < 4.78 is 0. The second-order valence-electron chi connectivity index (χ2n) is 7.41. The molecule has 1 N–H and O–H groups in total. The smallest absolute Gasteiger partial charge is 0.252 e. The van der Waals surface area contributed by atoms with Gasteiger partial charge in [0.15, 0.2) is 0 Å². The molecule has 1 aromatic rings. The molecular weight excluding hydrogens is 360 g/mol. The number of carbonyl (C=O) groups excluding carboxylic acids is 2. The minimum atomic E-state index is -0.127. The SMILES string of the molecule is N#C[C@@H](C1CCCCC1)N1CCN(C(=O)CCNC(=O)c2ccsc2)CC1. The van der Waals surface area contributed by atoms with Gasteiger partial charge in [-0.05, 0) is 30.2 Å². The van der Waals surface area contributed by atoms with Crippen molar-refractivity contribution in [2.75, 3.05) is 32.7 Å². The molecule has 27 heavy (non-hydrogen) atoms. The molecule has 7 heteroatoms. The van der Waals surface area contributed by atoms with Gasteiger partial charge in [-0.3, -0.25) is 14.5 Å². The molecule has 1 atom stereocenters. The molecule has 6 nitrogen and oxygen atoms in total. The molecule has 2 aliphatic rings. The Kier molecular flexibility index (Phi) is 7.25. The molecule has 1 aromatic heterocycles. The largest absolute Gasteiger partial charge is 0.351 e. The number of thiophene rings is 1. The summed E-state index contributed by atoms with van der Waals surface area (Å²) in [5, 5.41) is 16.1. The maximum absolute atomic E-state index is 12.4. The van der Waals surface area contributed by atoms with Gasteiger partial charge in [0.25, 0.3) is 5.91 Å². The molecule has 1 saturated carbocycles. The van der Waals surface area contributed by atoms with E-state index >= 15 is 0 Å². The summed E-state index contributed by atoms with van der Waals surface area (Å²) in [7, 11) is 0. The van der Waals surface area contributed by atoms with Gasteiger partial charge in [0.1, 0.15) is 6.04 Å². The molecule has 0 unspecified atom stereocenters. The minimum absolute atomic E-state index is 0.00699. The van der Waals surface area contributed by atoms with E-state index in [1.807, 2.05) is 10.3 Å². The maximum Gasteiger partial charge on any atom is 0.252 e. The first-order valence-electron chi connectivity index (χ1n) is 9.91. The molecule has 0 aromatic carbocycles. The highest BCUT2D eigenvalue weighted by Crippen LogP contribution is 2.29. The lowest BCUT2D eigenvalue weighted by Gasteiger charge is -2.40. The normalized spacial score (nSPS) is 20.0. The van der Waals surface area contributed by atoms with E-state index in [2.05, 4.69) is 16.3 Å². The Hall–Kier alpha value is -1.91. The zero-order valence-corrected chi connectivity index (χ0v) is 16.5. The van der Waals surface area contributed by atoms with Gasteiger partial charge >= 0.3 is 0 Å². The van der Waals surface area contributed by atoms with Gasteiger partial charge in [0.05, 0.1) is 6.07 Å². The maximum atomic E-state index is 12.4. The summed E-state index contributed by atoms with van der Waals surface area (Å²) in [6, 6.07) is 4.29. The zero-order valence-electron chi connectivity index (χ0n) is 15.7. The molecule has 1 aliphatic carbocycles. The molecule has 0 bridgehead atoms. The third kappa shape index (κ3) is 5.30. The summed E-state index contributed by atoms with van der Waals surface area (Å²) in [5.74, 6) is 0.433. The Balaban J connectivity index is 1.39. The van der Waals surface area contributed by atoms with Crippen molar-refractivity contribution < 1.29 is 9.59 Å². The van der Waals surface area contributed by atoms with Crippen LogP contribution in [0.4, 0.5) is 0 Å². The van der Waals surface area contributed by atoms with Crippen LogP contribution >= 0.6 is 11.3 Å². The topological polar surface area (TPSA) is 76.4 Å². The summed E-state index contributed by atoms with van der Waals surface area (Å²) in [6.07, 6.45) is 6.39. The zero-order chi connectivity index (χ0) is 19.1. The molecule has 2 amide bonds. The third-order valence-electron chi connectivity index (χ3n) is 5.70. The highest BCUT2D eigenvalue weighted by Gasteiger charge is 2.31. The Labute approximate surface area is 165 Å². The van der Waals surface area contributed by atoms with E-state index in [1.54, 1.807) is 11.4 Å². The Bertz CT molecular complexity index is 656. The van der Waals surface area contributed by atoms with E-state index in [1.165, 1.54) is 30.6 Å². The number of nitrogens with one attached hydrogen (secondary N) is 1. The fourth-order valence-electron chi connectivity index (χ4n) is 4.12. The molecule has 1 saturated heterocycles. The monoisotopic (exact) mass is 388 g/mol. The lowest BCUT2D eigenvalue weighted by Crippen LogP contribution is -2.53. The quantitative estimate of drug-likeness (QED) is 0.812. The van der Waals surface area contributed by atoms with Crippen molar-refractivity contribution in [1.82, 2.24) is 15.1 Å². The number of rotatable bonds is 6. The number of nitriles is 1. The second kappa shape index (κ2) is 9.86. The first-order chi connectivity index (χ1) is 13.2. The fraction of sp³-hybridized carbons (Fsp3) is 0.650. The van der Waals surface area contributed by atoms with Crippen LogP contribution in [0.2, 0.25) is 0 Å². The van der Waals surface area contributed by atoms with Crippen LogP contribution in [-0.4, -0.2) is 60.4 Å². The van der Waals surface area contributed by atoms with Crippen molar-refractivity contribution in [1.29, 1.82) is 5.26 Å². The Morgan fingerprint density at radius 3 is 2.59 bits per heavy atom. The van der Waals surface area contributed by atoms with Gasteiger partial charge < -0.3 is 10.2 Å². The van der Waals surface area contributed by atoms with Gasteiger partial charge in [-0.25, -0.2) is 0 Å². The third-order valence-corrected chi connectivity index (χ3v) is 6.38. The summed E-state index contributed by atoms with van der Waals surface area (Å²) in [6.45, 7) is 3.23. The second-order valence-corrected chi connectivity index (χ2v) is 8.19. The molecule has 0 radical (unpaired) electrons. The predicted octanol–water partition coefficient (Wildman–Crippen LogP) is 2.48. The predicted molar refractivity (Wildman–Crippen MR) is 105 cm³/mol. The lowest BCUT2D eigenvalue weighted by molar-refractivity contribution is -0.133. The van der Waals surface area contributed by atoms with E-state index < -0.39 is 0 Å². The number of nitrogens with zero attached hydrogens (tertiary/aromatic N) is 3. The van der Waals surface area contributed by atoms with E-state index in [4.69, 9.17) is 0 Å². The van der Waals surface area contributed by atoms with Crippen molar-refractivity contribution in [2.24, 2.45) is 5.92 Å². The standard InChI is InChI=1S/C20H28N4O2S/c21-14-18(16-4-2-1-3-5-16)23-9-11-24(12-10-23)19(25)6-8-22-20(26)17-7-13-27-15-17/h7,13,15-16,18H,1-6,8-12H2,(H,22,26)/t18-/m0/s1. The molecule has 146 valence electrons. The molecule has 2 fully saturated rings. The minimum Gasteiger partial charge on any atom is -0.351 e. The molecule has 0 spiro atoms. The van der Waals surface area contributed by atoms with Crippen LogP contribution in [0.1, 0.15) is 48.9 Å². The summed E-state index contributed by atoms with van der Waals surface area (Å²) >= 11 is 1.48. The molecule has 1 aliphatic heterocycles. The number of hydrogen-bond acceptors (Lipinski definition) is 5. The highest BCUT2D eigenvalue weighted by atomic mass is 32.1. The van der Waals surface area contributed by atoms with Crippen LogP contribution < -0.4 is 5.32 Å². The first-order valence-corrected chi connectivity index (χ1v) is 10.8. The van der Waals surface area contributed by atoms with Crippen LogP contribution in [0.25, 0.3) is 0 Å². The summed E-state index contributed by atoms with van der Waals surface area (Å²) in [5.41, 5.74) is 0.645. The van der Waals surface area contributed by atoms with E-state index in [-0.39, 0.29) is 17.9 Å². The lowest BCUT2D eigenvalue weighted by atomic mass is 9.83. The van der Waals surface area contributed by atoms with Crippen LogP contribution in [0.5, 0.6) is 0 Å².